The van der Waals surface area contributed by atoms with Crippen LogP contribution >= 0.6 is 11.8 Å². The van der Waals surface area contributed by atoms with E-state index in [9.17, 15) is 9.59 Å². The number of nitrogens with one attached hydrogen (secondary N) is 3. The Hall–Kier alpha value is -1.28. The van der Waals surface area contributed by atoms with Crippen LogP contribution in [0.4, 0.5) is 4.79 Å². The summed E-state index contributed by atoms with van der Waals surface area (Å²) in [5.74, 6) is -0.544. The Morgan fingerprint density at radius 1 is 1.53 bits per heavy atom. The van der Waals surface area contributed by atoms with Crippen molar-refractivity contribution in [3.8, 4) is 0 Å². The van der Waals surface area contributed by atoms with E-state index in [0.717, 1.165) is 11.8 Å². The molecule has 0 fully saturated rings. The number of urea groups is 1. The Morgan fingerprint density at radius 2 is 2.20 bits per heavy atom. The SMILES string of the molecule is COCCNC(=O)NC(=O)CSC(=N)N. The smallest absolute Gasteiger partial charge is 0.321 e. The molecule has 8 heteroatoms. The lowest BCUT2D eigenvalue weighted by atomic mass is 10.6. The Labute approximate surface area is 91.6 Å². The highest BCUT2D eigenvalue weighted by atomic mass is 32.2. The van der Waals surface area contributed by atoms with E-state index in [2.05, 4.69) is 10.6 Å². The van der Waals surface area contributed by atoms with Crippen LogP contribution in [0.2, 0.25) is 0 Å². The minimum absolute atomic E-state index is 0.0486. The molecule has 0 atom stereocenters. The molecule has 0 bridgehead atoms. The lowest BCUT2D eigenvalue weighted by molar-refractivity contribution is -0.117. The molecule has 0 aliphatic heterocycles. The quantitative estimate of drug-likeness (QED) is 0.279. The molecule has 0 rings (SSSR count). The van der Waals surface area contributed by atoms with Crippen LogP contribution < -0.4 is 16.4 Å². The molecule has 0 heterocycles. The summed E-state index contributed by atoms with van der Waals surface area (Å²) in [6.07, 6.45) is 0. The molecule has 0 unspecified atom stereocenters. The van der Waals surface area contributed by atoms with Crippen molar-refractivity contribution in [2.75, 3.05) is 26.0 Å². The van der Waals surface area contributed by atoms with Gasteiger partial charge in [-0.15, -0.1) is 0 Å². The van der Waals surface area contributed by atoms with Gasteiger partial charge in [-0.2, -0.15) is 0 Å². The number of thioether (sulfide) groups is 1. The zero-order chi connectivity index (χ0) is 11.7. The normalized spacial score (nSPS) is 9.40. The Morgan fingerprint density at radius 3 is 2.73 bits per heavy atom. The van der Waals surface area contributed by atoms with Crippen LogP contribution in [-0.2, 0) is 9.53 Å². The molecule has 0 aromatic carbocycles. The van der Waals surface area contributed by atoms with Gasteiger partial charge >= 0.3 is 6.03 Å². The van der Waals surface area contributed by atoms with E-state index in [4.69, 9.17) is 15.9 Å². The van der Waals surface area contributed by atoms with Gasteiger partial charge in [0.15, 0.2) is 5.17 Å². The molecule has 0 aromatic heterocycles. The summed E-state index contributed by atoms with van der Waals surface area (Å²) < 4.78 is 4.70. The third-order valence-corrected chi connectivity index (χ3v) is 1.92. The van der Waals surface area contributed by atoms with E-state index < -0.39 is 11.9 Å². The van der Waals surface area contributed by atoms with Crippen molar-refractivity contribution in [3.05, 3.63) is 0 Å². The first-order valence-corrected chi connectivity index (χ1v) is 5.08. The van der Waals surface area contributed by atoms with E-state index in [0.29, 0.717) is 13.2 Å². The van der Waals surface area contributed by atoms with Crippen molar-refractivity contribution >= 4 is 28.9 Å². The topological polar surface area (TPSA) is 117 Å². The van der Waals surface area contributed by atoms with Crippen molar-refractivity contribution in [2.45, 2.75) is 0 Å². The highest BCUT2D eigenvalue weighted by Gasteiger charge is 2.07. The van der Waals surface area contributed by atoms with E-state index in [1.54, 1.807) is 0 Å². The Bertz CT molecular complexity index is 246. The molecule has 5 N–H and O–H groups in total. The molecule has 0 aliphatic carbocycles. The average molecular weight is 234 g/mol. The van der Waals surface area contributed by atoms with E-state index in [1.807, 2.05) is 0 Å². The van der Waals surface area contributed by atoms with Gasteiger partial charge in [0.2, 0.25) is 5.91 Å². The van der Waals surface area contributed by atoms with Gasteiger partial charge < -0.3 is 15.8 Å². The average Bonchev–Trinajstić information content (AvgIpc) is 2.15. The van der Waals surface area contributed by atoms with Gasteiger partial charge in [-0.25, -0.2) is 4.79 Å². The fraction of sp³-hybridized carbons (Fsp3) is 0.571. The molecule has 3 amide bonds. The third-order valence-electron chi connectivity index (χ3n) is 1.20. The van der Waals surface area contributed by atoms with E-state index in [1.165, 1.54) is 7.11 Å². The van der Waals surface area contributed by atoms with Crippen LogP contribution in [0.1, 0.15) is 0 Å². The third kappa shape index (κ3) is 9.03. The zero-order valence-electron chi connectivity index (χ0n) is 8.33. The molecule has 0 aromatic rings. The number of carbonyl (C=O) groups is 2. The number of rotatable bonds is 5. The highest BCUT2D eigenvalue weighted by molar-refractivity contribution is 8.14. The van der Waals surface area contributed by atoms with Crippen LogP contribution in [0.25, 0.3) is 0 Å². The number of methoxy groups -OCH3 is 1. The van der Waals surface area contributed by atoms with Crippen LogP contribution in [0.15, 0.2) is 0 Å². The summed E-state index contributed by atoms with van der Waals surface area (Å²) in [4.78, 5) is 22.0. The number of imide groups is 1. The molecule has 15 heavy (non-hydrogen) atoms. The van der Waals surface area contributed by atoms with Gasteiger partial charge in [0, 0.05) is 13.7 Å². The maximum Gasteiger partial charge on any atom is 0.321 e. The number of amides is 3. The van der Waals surface area contributed by atoms with Gasteiger partial charge in [0.1, 0.15) is 0 Å². The molecule has 0 saturated carbocycles. The number of amidine groups is 1. The first kappa shape index (κ1) is 13.7. The zero-order valence-corrected chi connectivity index (χ0v) is 9.15. The van der Waals surface area contributed by atoms with Gasteiger partial charge in [-0.3, -0.25) is 15.5 Å². The summed E-state index contributed by atoms with van der Waals surface area (Å²) in [6.45, 7) is 0.708. The molecule has 0 aliphatic rings. The molecule has 86 valence electrons. The largest absolute Gasteiger partial charge is 0.383 e. The van der Waals surface area contributed by atoms with E-state index >= 15 is 0 Å². The Kier molecular flexibility index (Phi) is 7.38. The number of hydrogen-bond acceptors (Lipinski definition) is 5. The maximum atomic E-state index is 11.0. The monoisotopic (exact) mass is 234 g/mol. The van der Waals surface area contributed by atoms with Crippen molar-refractivity contribution in [3.63, 3.8) is 0 Å². The molecule has 0 radical (unpaired) electrons. The molecule has 7 nitrogen and oxygen atoms in total. The van der Waals surface area contributed by atoms with Gasteiger partial charge in [-0.05, 0) is 0 Å². The fourth-order valence-corrected chi connectivity index (χ4v) is 0.976. The number of carbonyl (C=O) groups excluding carboxylic acids is 2. The van der Waals surface area contributed by atoms with Crippen molar-refractivity contribution < 1.29 is 14.3 Å². The van der Waals surface area contributed by atoms with Crippen molar-refractivity contribution in [1.82, 2.24) is 10.6 Å². The van der Waals surface area contributed by atoms with Crippen LogP contribution in [0.5, 0.6) is 0 Å². The lowest BCUT2D eigenvalue weighted by Crippen LogP contribution is -2.41. The van der Waals surface area contributed by atoms with Gasteiger partial charge in [-0.1, -0.05) is 11.8 Å². The summed E-state index contributed by atoms with van der Waals surface area (Å²) in [5, 5.41) is 11.2. The molecule has 0 spiro atoms. The molecular formula is C7H14N4O3S. The van der Waals surface area contributed by atoms with Crippen LogP contribution in [0, 0.1) is 5.41 Å². The van der Waals surface area contributed by atoms with Crippen molar-refractivity contribution in [1.29, 1.82) is 5.41 Å². The van der Waals surface area contributed by atoms with E-state index in [-0.39, 0.29) is 10.9 Å². The lowest BCUT2D eigenvalue weighted by Gasteiger charge is -2.05. The first-order valence-electron chi connectivity index (χ1n) is 4.09. The van der Waals surface area contributed by atoms with Crippen LogP contribution in [0.3, 0.4) is 0 Å². The molecular weight excluding hydrogens is 220 g/mol. The molecule has 0 saturated heterocycles. The summed E-state index contributed by atoms with van der Waals surface area (Å²) >= 11 is 0.854. The standard InChI is InChI=1S/C7H14N4O3S/c1-14-3-2-10-7(13)11-5(12)4-15-6(8)9/h2-4H2,1H3,(H3,8,9)(H2,10,11,12,13). The fourth-order valence-electron chi connectivity index (χ4n) is 0.617. The summed E-state index contributed by atoms with van der Waals surface area (Å²) in [6, 6.07) is -0.582. The predicted molar refractivity (Wildman–Crippen MR) is 57.8 cm³/mol. The second-order valence-electron chi connectivity index (χ2n) is 2.45. The highest BCUT2D eigenvalue weighted by Crippen LogP contribution is 1.95. The van der Waals surface area contributed by atoms with Gasteiger partial charge in [0.05, 0.1) is 12.4 Å². The minimum atomic E-state index is -0.582. The van der Waals surface area contributed by atoms with Crippen molar-refractivity contribution in [2.24, 2.45) is 5.73 Å². The number of ether oxygens (including phenoxy) is 1. The first-order chi connectivity index (χ1) is 7.06. The van der Waals surface area contributed by atoms with Gasteiger partial charge in [0.25, 0.3) is 0 Å². The van der Waals surface area contributed by atoms with Crippen LogP contribution in [-0.4, -0.2) is 43.1 Å². The Balaban J connectivity index is 3.58. The minimum Gasteiger partial charge on any atom is -0.383 e. The second kappa shape index (κ2) is 8.06. The second-order valence-corrected chi connectivity index (χ2v) is 3.47. The number of nitrogens with two attached hydrogens (primary N) is 1. The predicted octanol–water partition coefficient (Wildman–Crippen LogP) is -0.915. The maximum absolute atomic E-state index is 11.0. The summed E-state index contributed by atoms with van der Waals surface area (Å²) in [7, 11) is 1.51. The number of hydrogen-bond donors (Lipinski definition) is 4. The summed E-state index contributed by atoms with van der Waals surface area (Å²) in [5.41, 5.74) is 5.02.